The molecule has 3 rings (SSSR count). The van der Waals surface area contributed by atoms with Crippen LogP contribution in [0.25, 0.3) is 22.2 Å². The van der Waals surface area contributed by atoms with Crippen LogP contribution in [0.5, 0.6) is 0 Å². The Labute approximate surface area is 134 Å². The Balaban J connectivity index is 2.34. The van der Waals surface area contributed by atoms with Gasteiger partial charge in [-0.1, -0.05) is 53.5 Å². The lowest BCUT2D eigenvalue weighted by atomic mass is 10.1. The van der Waals surface area contributed by atoms with E-state index in [0.717, 1.165) is 16.6 Å². The van der Waals surface area contributed by atoms with Crippen LogP contribution in [0.3, 0.4) is 0 Å². The van der Waals surface area contributed by atoms with E-state index in [2.05, 4.69) is 20.9 Å². The fraction of sp³-hybridized carbons (Fsp3) is 0. The highest BCUT2D eigenvalue weighted by atomic mass is 79.9. The van der Waals surface area contributed by atoms with Gasteiger partial charge in [0, 0.05) is 21.1 Å². The van der Waals surface area contributed by atoms with Crippen LogP contribution in [0.1, 0.15) is 0 Å². The second kappa shape index (κ2) is 5.24. The molecular weight excluding hydrogens is 359 g/mol. The van der Waals surface area contributed by atoms with Gasteiger partial charge in [-0.15, -0.1) is 0 Å². The van der Waals surface area contributed by atoms with E-state index in [-0.39, 0.29) is 0 Å². The second-order valence-electron chi connectivity index (χ2n) is 4.35. The zero-order valence-corrected chi connectivity index (χ0v) is 13.3. The molecule has 0 spiro atoms. The van der Waals surface area contributed by atoms with Gasteiger partial charge in [0.05, 0.1) is 21.3 Å². The fourth-order valence-electron chi connectivity index (χ4n) is 2.05. The Hall–Kier alpha value is -1.29. The van der Waals surface area contributed by atoms with E-state index in [1.807, 2.05) is 42.5 Å². The lowest BCUT2D eigenvalue weighted by Gasteiger charge is -2.10. The number of pyridine rings is 1. The van der Waals surface area contributed by atoms with Crippen LogP contribution in [0.4, 0.5) is 5.69 Å². The van der Waals surface area contributed by atoms with Crippen LogP contribution >= 0.6 is 39.1 Å². The van der Waals surface area contributed by atoms with Crippen molar-refractivity contribution in [3.05, 3.63) is 57.0 Å². The van der Waals surface area contributed by atoms with Crippen molar-refractivity contribution in [1.29, 1.82) is 0 Å². The van der Waals surface area contributed by atoms with Crippen LogP contribution in [-0.4, -0.2) is 4.98 Å². The third kappa shape index (κ3) is 2.26. The van der Waals surface area contributed by atoms with Crippen molar-refractivity contribution in [1.82, 2.24) is 4.98 Å². The summed E-state index contributed by atoms with van der Waals surface area (Å²) in [5.74, 6) is 0. The molecule has 5 heteroatoms. The molecular formula is C15H9BrCl2N2. The molecule has 1 heterocycles. The third-order valence-electron chi connectivity index (χ3n) is 3.04. The highest BCUT2D eigenvalue weighted by Crippen LogP contribution is 2.39. The Kier molecular flexibility index (Phi) is 3.59. The number of fused-ring (bicyclic) bond motifs is 1. The van der Waals surface area contributed by atoms with Gasteiger partial charge < -0.3 is 5.73 Å². The Morgan fingerprint density at radius 3 is 2.40 bits per heavy atom. The number of nitrogens with two attached hydrogens (primary N) is 1. The van der Waals surface area contributed by atoms with Crippen molar-refractivity contribution >= 4 is 55.7 Å². The van der Waals surface area contributed by atoms with Crippen LogP contribution in [0, 0.1) is 0 Å². The number of aromatic nitrogens is 1. The third-order valence-corrected chi connectivity index (χ3v) is 4.75. The summed E-state index contributed by atoms with van der Waals surface area (Å²) in [5, 5.41) is 1.63. The summed E-state index contributed by atoms with van der Waals surface area (Å²) in [6.07, 6.45) is 0. The number of halogens is 3. The van der Waals surface area contributed by atoms with E-state index in [9.17, 15) is 0 Å². The fourth-order valence-corrected chi connectivity index (χ4v) is 2.98. The highest BCUT2D eigenvalue weighted by Gasteiger charge is 2.13. The molecule has 0 radical (unpaired) electrons. The summed E-state index contributed by atoms with van der Waals surface area (Å²) >= 11 is 15.8. The molecule has 100 valence electrons. The van der Waals surface area contributed by atoms with Gasteiger partial charge in [0.15, 0.2) is 0 Å². The molecule has 0 aliphatic carbocycles. The standard InChI is InChI=1S/C15H9BrCl2N2/c16-10-6-9-11(19)7-12(8-4-2-1-3-5-8)20-15(9)14(18)13(10)17/h1-7H,(H2,19,20). The minimum absolute atomic E-state index is 0.403. The number of nitrogens with zero attached hydrogens (tertiary/aromatic N) is 1. The van der Waals surface area contributed by atoms with E-state index in [0.29, 0.717) is 25.7 Å². The normalized spacial score (nSPS) is 10.9. The molecule has 0 bridgehead atoms. The lowest BCUT2D eigenvalue weighted by Crippen LogP contribution is -1.94. The number of benzene rings is 2. The van der Waals surface area contributed by atoms with E-state index >= 15 is 0 Å². The van der Waals surface area contributed by atoms with Crippen molar-refractivity contribution in [3.63, 3.8) is 0 Å². The molecule has 0 aliphatic heterocycles. The van der Waals surface area contributed by atoms with Crippen LogP contribution in [-0.2, 0) is 0 Å². The second-order valence-corrected chi connectivity index (χ2v) is 5.96. The predicted octanol–water partition coefficient (Wildman–Crippen LogP) is 5.55. The van der Waals surface area contributed by atoms with Crippen molar-refractivity contribution < 1.29 is 0 Å². The van der Waals surface area contributed by atoms with Crippen LogP contribution in [0.15, 0.2) is 46.9 Å². The quantitative estimate of drug-likeness (QED) is 0.572. The average Bonchev–Trinajstić information content (AvgIpc) is 2.47. The van der Waals surface area contributed by atoms with E-state index < -0.39 is 0 Å². The first-order valence-electron chi connectivity index (χ1n) is 5.87. The number of hydrogen-bond acceptors (Lipinski definition) is 2. The van der Waals surface area contributed by atoms with Gasteiger partial charge in [0.25, 0.3) is 0 Å². The molecule has 1 aromatic heterocycles. The molecule has 20 heavy (non-hydrogen) atoms. The summed E-state index contributed by atoms with van der Waals surface area (Å²) < 4.78 is 0.706. The SMILES string of the molecule is Nc1cc(-c2ccccc2)nc2c(Cl)c(Cl)c(Br)cc12. The molecule has 0 unspecified atom stereocenters. The van der Waals surface area contributed by atoms with Crippen molar-refractivity contribution in [3.8, 4) is 11.3 Å². The molecule has 2 N–H and O–H groups in total. The van der Waals surface area contributed by atoms with Gasteiger partial charge in [0.1, 0.15) is 0 Å². The first-order valence-corrected chi connectivity index (χ1v) is 7.42. The van der Waals surface area contributed by atoms with Gasteiger partial charge in [-0.2, -0.15) is 0 Å². The van der Waals surface area contributed by atoms with Gasteiger partial charge in [-0.25, -0.2) is 4.98 Å². The monoisotopic (exact) mass is 366 g/mol. The van der Waals surface area contributed by atoms with Crippen molar-refractivity contribution in [2.75, 3.05) is 5.73 Å². The van der Waals surface area contributed by atoms with Gasteiger partial charge in [0.2, 0.25) is 0 Å². The molecule has 0 saturated heterocycles. The van der Waals surface area contributed by atoms with Crippen molar-refractivity contribution in [2.45, 2.75) is 0 Å². The Morgan fingerprint density at radius 2 is 1.70 bits per heavy atom. The zero-order valence-electron chi connectivity index (χ0n) is 10.2. The summed E-state index contributed by atoms with van der Waals surface area (Å²) in [4.78, 5) is 4.59. The van der Waals surface area contributed by atoms with E-state index in [1.165, 1.54) is 0 Å². The maximum Gasteiger partial charge on any atom is 0.0932 e. The van der Waals surface area contributed by atoms with Crippen LogP contribution < -0.4 is 5.73 Å². The Morgan fingerprint density at radius 1 is 1.00 bits per heavy atom. The predicted molar refractivity (Wildman–Crippen MR) is 89.3 cm³/mol. The first kappa shape index (κ1) is 13.7. The zero-order chi connectivity index (χ0) is 14.3. The van der Waals surface area contributed by atoms with Gasteiger partial charge in [-0.3, -0.25) is 0 Å². The smallest absolute Gasteiger partial charge is 0.0932 e. The minimum Gasteiger partial charge on any atom is -0.398 e. The van der Waals surface area contributed by atoms with E-state index in [1.54, 1.807) is 0 Å². The highest BCUT2D eigenvalue weighted by molar-refractivity contribution is 9.10. The number of anilines is 1. The average molecular weight is 368 g/mol. The summed E-state index contributed by atoms with van der Waals surface area (Å²) in [7, 11) is 0. The van der Waals surface area contributed by atoms with Gasteiger partial charge >= 0.3 is 0 Å². The van der Waals surface area contributed by atoms with E-state index in [4.69, 9.17) is 28.9 Å². The molecule has 3 aromatic rings. The Bertz CT molecular complexity index is 804. The molecule has 0 amide bonds. The molecule has 2 aromatic carbocycles. The minimum atomic E-state index is 0.403. The summed E-state index contributed by atoms with van der Waals surface area (Å²) in [6.45, 7) is 0. The molecule has 0 fully saturated rings. The molecule has 0 aliphatic rings. The molecule has 0 atom stereocenters. The molecule has 0 saturated carbocycles. The molecule has 2 nitrogen and oxygen atoms in total. The van der Waals surface area contributed by atoms with Gasteiger partial charge in [-0.05, 0) is 28.1 Å². The number of nitrogen functional groups attached to an aromatic ring is 1. The maximum absolute atomic E-state index is 6.28. The lowest BCUT2D eigenvalue weighted by molar-refractivity contribution is 1.40. The first-order chi connectivity index (χ1) is 9.58. The number of rotatable bonds is 1. The summed E-state index contributed by atoms with van der Waals surface area (Å²) in [5.41, 5.74) is 9.10. The van der Waals surface area contributed by atoms with Crippen LogP contribution in [0.2, 0.25) is 10.0 Å². The largest absolute Gasteiger partial charge is 0.398 e. The van der Waals surface area contributed by atoms with Crippen molar-refractivity contribution in [2.24, 2.45) is 0 Å². The summed E-state index contributed by atoms with van der Waals surface area (Å²) in [6, 6.07) is 13.5. The topological polar surface area (TPSA) is 38.9 Å². The number of hydrogen-bond donors (Lipinski definition) is 1. The maximum atomic E-state index is 6.28.